The Balaban J connectivity index is 1.58. The van der Waals surface area contributed by atoms with Gasteiger partial charge in [0.2, 0.25) is 5.89 Å². The average Bonchev–Trinajstić information content (AvgIpc) is 3.04. The van der Waals surface area contributed by atoms with Crippen LogP contribution in [0.1, 0.15) is 36.0 Å². The Morgan fingerprint density at radius 3 is 2.44 bits per heavy atom. The zero-order chi connectivity index (χ0) is 18.0. The van der Waals surface area contributed by atoms with Crippen molar-refractivity contribution in [2.24, 2.45) is 0 Å². The number of hydrogen-bond acceptors (Lipinski definition) is 4. The van der Waals surface area contributed by atoms with Gasteiger partial charge in [-0.25, -0.2) is 4.39 Å². The van der Waals surface area contributed by atoms with Crippen LogP contribution in [0.4, 0.5) is 17.6 Å². The molecule has 1 aromatic carbocycles. The molecule has 0 atom stereocenters. The van der Waals surface area contributed by atoms with Crippen LogP contribution in [0.5, 0.6) is 0 Å². The fourth-order valence-corrected chi connectivity index (χ4v) is 2.80. The predicted octanol–water partition coefficient (Wildman–Crippen LogP) is 3.07. The maximum absolute atomic E-state index is 12.9. The van der Waals surface area contributed by atoms with E-state index in [1.54, 1.807) is 12.1 Å². The van der Waals surface area contributed by atoms with E-state index in [2.05, 4.69) is 10.1 Å². The van der Waals surface area contributed by atoms with Gasteiger partial charge in [0, 0.05) is 25.4 Å². The molecule has 1 aliphatic heterocycles. The Kier molecular flexibility index (Phi) is 4.73. The largest absolute Gasteiger partial charge is 0.471 e. The number of aromatic nitrogens is 2. The number of halogens is 4. The molecule has 1 amide bonds. The summed E-state index contributed by atoms with van der Waals surface area (Å²) < 4.78 is 55.4. The molecule has 0 aliphatic carbocycles. The minimum atomic E-state index is -4.85. The van der Waals surface area contributed by atoms with E-state index < -0.39 is 12.1 Å². The first-order chi connectivity index (χ1) is 11.8. The number of nitrogens with zero attached hydrogens (tertiary/aromatic N) is 3. The van der Waals surface area contributed by atoms with Crippen LogP contribution in [0.25, 0.3) is 0 Å². The second-order valence-electron chi connectivity index (χ2n) is 5.92. The third kappa shape index (κ3) is 4.15. The molecule has 9 heteroatoms. The molecule has 0 saturated carbocycles. The Hall–Kier alpha value is -2.45. The molecule has 134 valence electrons. The molecule has 5 nitrogen and oxygen atoms in total. The van der Waals surface area contributed by atoms with Gasteiger partial charge in [0.05, 0.1) is 0 Å². The topological polar surface area (TPSA) is 59.2 Å². The van der Waals surface area contributed by atoms with Crippen molar-refractivity contribution in [1.82, 2.24) is 15.0 Å². The smallest absolute Gasteiger partial charge is 0.339 e. The Morgan fingerprint density at radius 2 is 1.84 bits per heavy atom. The minimum Gasteiger partial charge on any atom is -0.339 e. The first kappa shape index (κ1) is 17.4. The van der Waals surface area contributed by atoms with E-state index in [9.17, 15) is 22.4 Å². The Morgan fingerprint density at radius 1 is 1.20 bits per heavy atom. The number of amides is 1. The van der Waals surface area contributed by atoms with E-state index in [-0.39, 0.29) is 24.8 Å². The summed E-state index contributed by atoms with van der Waals surface area (Å²) in [6.07, 6.45) is -3.81. The number of carbonyl (C=O) groups excluding carboxylic acids is 1. The van der Waals surface area contributed by atoms with Crippen molar-refractivity contribution >= 4 is 5.91 Å². The van der Waals surface area contributed by atoms with Gasteiger partial charge in [0.1, 0.15) is 5.82 Å². The lowest BCUT2D eigenvalue weighted by atomic mass is 9.96. The van der Waals surface area contributed by atoms with E-state index in [0.717, 1.165) is 10.5 Å². The van der Waals surface area contributed by atoms with E-state index in [0.29, 0.717) is 31.0 Å². The van der Waals surface area contributed by atoms with Gasteiger partial charge in [0.15, 0.2) is 5.82 Å². The van der Waals surface area contributed by atoms with Crippen LogP contribution in [0.15, 0.2) is 28.8 Å². The third-order valence-electron chi connectivity index (χ3n) is 4.13. The van der Waals surface area contributed by atoms with Crippen LogP contribution in [-0.2, 0) is 11.2 Å². The number of likely N-dealkylation sites (tertiary alicyclic amines) is 1. The van der Waals surface area contributed by atoms with Gasteiger partial charge >= 0.3 is 12.1 Å². The molecule has 0 N–H and O–H groups in total. The molecule has 25 heavy (non-hydrogen) atoms. The van der Waals surface area contributed by atoms with Crippen molar-refractivity contribution < 1.29 is 26.9 Å². The second-order valence-corrected chi connectivity index (χ2v) is 5.92. The predicted molar refractivity (Wildman–Crippen MR) is 78.1 cm³/mol. The summed E-state index contributed by atoms with van der Waals surface area (Å²) in [5.41, 5.74) is 0.819. The number of rotatable bonds is 3. The molecular formula is C16H15F4N3O2. The van der Waals surface area contributed by atoms with Gasteiger partial charge < -0.3 is 9.42 Å². The molecule has 0 spiro atoms. The summed E-state index contributed by atoms with van der Waals surface area (Å²) >= 11 is 0. The molecule has 1 aromatic heterocycles. The van der Waals surface area contributed by atoms with Crippen LogP contribution in [0.2, 0.25) is 0 Å². The van der Waals surface area contributed by atoms with Crippen LogP contribution in [0.3, 0.4) is 0 Å². The van der Waals surface area contributed by atoms with Crippen molar-refractivity contribution in [2.75, 3.05) is 13.1 Å². The lowest BCUT2D eigenvalue weighted by Crippen LogP contribution is -2.45. The Bertz CT molecular complexity index is 735. The van der Waals surface area contributed by atoms with Gasteiger partial charge in [-0.05, 0) is 30.5 Å². The lowest BCUT2D eigenvalue weighted by molar-refractivity contribution is -0.186. The molecule has 1 saturated heterocycles. The molecule has 0 bridgehead atoms. The van der Waals surface area contributed by atoms with E-state index in [1.807, 2.05) is 0 Å². The van der Waals surface area contributed by atoms with E-state index >= 15 is 0 Å². The lowest BCUT2D eigenvalue weighted by Gasteiger charge is -2.30. The first-order valence-electron chi connectivity index (χ1n) is 7.76. The second kappa shape index (κ2) is 6.81. The summed E-state index contributed by atoms with van der Waals surface area (Å²) in [6.45, 7) is -0.00261. The third-order valence-corrected chi connectivity index (χ3v) is 4.13. The fraction of sp³-hybridized carbons (Fsp3) is 0.438. The van der Waals surface area contributed by atoms with E-state index in [1.165, 1.54) is 12.1 Å². The molecule has 1 fully saturated rings. The summed E-state index contributed by atoms with van der Waals surface area (Å²) in [7, 11) is 0. The van der Waals surface area contributed by atoms with Crippen molar-refractivity contribution in [1.29, 1.82) is 0 Å². The van der Waals surface area contributed by atoms with Crippen LogP contribution < -0.4 is 0 Å². The van der Waals surface area contributed by atoms with Gasteiger partial charge in [-0.2, -0.15) is 18.2 Å². The van der Waals surface area contributed by atoms with Gasteiger partial charge in [0.25, 0.3) is 0 Å². The van der Waals surface area contributed by atoms with Crippen LogP contribution in [-0.4, -0.2) is 40.2 Å². The van der Waals surface area contributed by atoms with Crippen molar-refractivity contribution in [3.63, 3.8) is 0 Å². The molecule has 2 aromatic rings. The zero-order valence-electron chi connectivity index (χ0n) is 13.1. The minimum absolute atomic E-state index is 0.00130. The monoisotopic (exact) mass is 357 g/mol. The highest BCUT2D eigenvalue weighted by atomic mass is 19.4. The molecule has 0 radical (unpaired) electrons. The van der Waals surface area contributed by atoms with Crippen LogP contribution in [0, 0.1) is 5.82 Å². The summed E-state index contributed by atoms with van der Waals surface area (Å²) in [5, 5.41) is 3.86. The van der Waals surface area contributed by atoms with Crippen molar-refractivity contribution in [2.45, 2.75) is 31.4 Å². The first-order valence-corrected chi connectivity index (χ1v) is 7.76. The molecule has 2 heterocycles. The highest BCUT2D eigenvalue weighted by molar-refractivity contribution is 5.81. The zero-order valence-corrected chi connectivity index (χ0v) is 13.1. The van der Waals surface area contributed by atoms with Crippen LogP contribution >= 0.6 is 0 Å². The Labute approximate surface area is 140 Å². The van der Waals surface area contributed by atoms with Gasteiger partial charge in [-0.1, -0.05) is 17.3 Å². The summed E-state index contributed by atoms with van der Waals surface area (Å²) in [5.74, 6) is -1.54. The molecule has 1 aliphatic rings. The normalized spacial score (nSPS) is 16.2. The maximum Gasteiger partial charge on any atom is 0.471 e. The number of hydrogen-bond donors (Lipinski definition) is 0. The highest BCUT2D eigenvalue weighted by Gasteiger charge is 2.43. The average molecular weight is 357 g/mol. The quantitative estimate of drug-likeness (QED) is 0.792. The van der Waals surface area contributed by atoms with Crippen molar-refractivity contribution in [3.05, 3.63) is 47.4 Å². The highest BCUT2D eigenvalue weighted by Crippen LogP contribution is 2.29. The summed E-state index contributed by atoms with van der Waals surface area (Å²) in [6, 6.07) is 5.91. The number of benzene rings is 1. The number of carbonyl (C=O) groups is 1. The summed E-state index contributed by atoms with van der Waals surface area (Å²) in [4.78, 5) is 16.3. The SMILES string of the molecule is O=C(N1CCC(c2nc(Cc3ccc(F)cc3)no2)CC1)C(F)(F)F. The maximum atomic E-state index is 12.9. The van der Waals surface area contributed by atoms with E-state index in [4.69, 9.17) is 4.52 Å². The number of alkyl halides is 3. The van der Waals surface area contributed by atoms with Gasteiger partial charge in [-0.3, -0.25) is 4.79 Å². The molecule has 0 unspecified atom stereocenters. The fourth-order valence-electron chi connectivity index (χ4n) is 2.80. The molecule has 3 rings (SSSR count). The molecular weight excluding hydrogens is 342 g/mol. The number of piperidine rings is 1. The van der Waals surface area contributed by atoms with Crippen molar-refractivity contribution in [3.8, 4) is 0 Å². The standard InChI is InChI=1S/C16H15F4N3O2/c17-12-3-1-10(2-4-12)9-13-21-14(25-22-13)11-5-7-23(8-6-11)15(24)16(18,19)20/h1-4,11H,5-9H2. The van der Waals surface area contributed by atoms with Gasteiger partial charge in [-0.15, -0.1) is 0 Å².